The molecule has 3 unspecified atom stereocenters. The zero-order valence-electron chi connectivity index (χ0n) is 18.5. The molecule has 0 spiro atoms. The summed E-state index contributed by atoms with van der Waals surface area (Å²) in [7, 11) is 0. The lowest BCUT2D eigenvalue weighted by atomic mass is 10.0. The van der Waals surface area contributed by atoms with E-state index in [1.165, 1.54) is 11.1 Å². The van der Waals surface area contributed by atoms with E-state index in [0.29, 0.717) is 18.8 Å². The first-order valence-corrected chi connectivity index (χ1v) is 11.1. The Morgan fingerprint density at radius 2 is 1.83 bits per heavy atom. The Morgan fingerprint density at radius 1 is 1.14 bits per heavy atom. The highest BCUT2D eigenvalue weighted by Crippen LogP contribution is 2.23. The van der Waals surface area contributed by atoms with Crippen molar-refractivity contribution >= 4 is 5.96 Å². The number of ether oxygens (including phenoxy) is 2. The van der Waals surface area contributed by atoms with Gasteiger partial charge in [0.05, 0.1) is 24.4 Å². The average Bonchev–Trinajstić information content (AvgIpc) is 3.11. The van der Waals surface area contributed by atoms with Crippen molar-refractivity contribution < 1.29 is 9.47 Å². The molecule has 2 aliphatic rings. The van der Waals surface area contributed by atoms with E-state index in [9.17, 15) is 0 Å². The number of morpholine rings is 1. The van der Waals surface area contributed by atoms with Crippen LogP contribution in [0.15, 0.2) is 29.3 Å². The lowest BCUT2D eigenvalue weighted by molar-refractivity contribution is -0.0704. The van der Waals surface area contributed by atoms with E-state index >= 15 is 0 Å². The quantitative estimate of drug-likeness (QED) is 0.543. The molecule has 3 rings (SSSR count). The van der Waals surface area contributed by atoms with Crippen LogP contribution in [0.2, 0.25) is 0 Å². The molecule has 0 aliphatic carbocycles. The Morgan fingerprint density at radius 3 is 2.45 bits per heavy atom. The van der Waals surface area contributed by atoms with E-state index in [4.69, 9.17) is 14.5 Å². The Balaban J connectivity index is 1.51. The summed E-state index contributed by atoms with van der Waals surface area (Å²) in [6.07, 6.45) is 2.85. The number of guanidine groups is 1. The SMILES string of the molecule is CCNC(=NCc1ccc(CN2CC(C)OC(C)C2)cc1)NCC1(C)CCCO1. The van der Waals surface area contributed by atoms with Crippen molar-refractivity contribution in [3.05, 3.63) is 35.4 Å². The summed E-state index contributed by atoms with van der Waals surface area (Å²) in [6, 6.07) is 8.83. The molecule has 0 saturated carbocycles. The van der Waals surface area contributed by atoms with Crippen LogP contribution in [0, 0.1) is 0 Å². The van der Waals surface area contributed by atoms with E-state index in [1.807, 2.05) is 0 Å². The standard InChI is InChI=1S/C23H38N4O2/c1-5-24-22(26-17-23(4)11-6-12-28-23)25-13-20-7-9-21(10-8-20)16-27-14-18(2)29-19(3)15-27/h7-10,18-19H,5-6,11-17H2,1-4H3,(H2,24,25,26). The molecule has 2 saturated heterocycles. The van der Waals surface area contributed by atoms with Gasteiger partial charge in [-0.2, -0.15) is 0 Å². The third kappa shape index (κ3) is 6.98. The summed E-state index contributed by atoms with van der Waals surface area (Å²) in [5.41, 5.74) is 2.49. The molecular formula is C23H38N4O2. The number of benzene rings is 1. The number of hydrogen-bond acceptors (Lipinski definition) is 4. The zero-order valence-corrected chi connectivity index (χ0v) is 18.5. The minimum absolute atomic E-state index is 0.0771. The topological polar surface area (TPSA) is 58.1 Å². The summed E-state index contributed by atoms with van der Waals surface area (Å²) >= 11 is 0. The third-order valence-corrected chi connectivity index (χ3v) is 5.62. The van der Waals surface area contributed by atoms with Gasteiger partial charge in [0.25, 0.3) is 0 Å². The smallest absolute Gasteiger partial charge is 0.191 e. The van der Waals surface area contributed by atoms with Gasteiger partial charge in [-0.1, -0.05) is 24.3 Å². The van der Waals surface area contributed by atoms with Crippen LogP contribution in [0.3, 0.4) is 0 Å². The van der Waals surface area contributed by atoms with Gasteiger partial charge in [0.2, 0.25) is 0 Å². The van der Waals surface area contributed by atoms with Crippen LogP contribution in [-0.4, -0.2) is 61.5 Å². The van der Waals surface area contributed by atoms with Crippen LogP contribution in [0.5, 0.6) is 0 Å². The van der Waals surface area contributed by atoms with Crippen LogP contribution in [0.4, 0.5) is 0 Å². The van der Waals surface area contributed by atoms with E-state index in [0.717, 1.165) is 58.1 Å². The van der Waals surface area contributed by atoms with Gasteiger partial charge >= 0.3 is 0 Å². The number of nitrogens with zero attached hydrogens (tertiary/aromatic N) is 2. The molecule has 0 radical (unpaired) electrons. The van der Waals surface area contributed by atoms with Crippen LogP contribution < -0.4 is 10.6 Å². The Labute approximate surface area is 176 Å². The fourth-order valence-corrected chi connectivity index (χ4v) is 4.18. The van der Waals surface area contributed by atoms with E-state index in [-0.39, 0.29) is 5.60 Å². The Hall–Kier alpha value is -1.63. The largest absolute Gasteiger partial charge is 0.373 e. The predicted molar refractivity (Wildman–Crippen MR) is 118 cm³/mol. The molecule has 29 heavy (non-hydrogen) atoms. The lowest BCUT2D eigenvalue weighted by Crippen LogP contribution is -2.45. The highest BCUT2D eigenvalue weighted by atomic mass is 16.5. The number of aliphatic imine (C=N–C) groups is 1. The average molecular weight is 403 g/mol. The zero-order chi connectivity index (χ0) is 20.7. The second-order valence-corrected chi connectivity index (χ2v) is 8.72. The molecule has 0 amide bonds. The van der Waals surface area contributed by atoms with Crippen LogP contribution in [0.25, 0.3) is 0 Å². The van der Waals surface area contributed by atoms with Crippen molar-refractivity contribution in [2.24, 2.45) is 4.99 Å². The maximum Gasteiger partial charge on any atom is 0.191 e. The Bertz CT molecular complexity index is 645. The van der Waals surface area contributed by atoms with Crippen molar-refractivity contribution in [1.82, 2.24) is 15.5 Å². The van der Waals surface area contributed by atoms with Gasteiger partial charge in [-0.05, 0) is 51.7 Å². The summed E-state index contributed by atoms with van der Waals surface area (Å²) in [6.45, 7) is 14.7. The van der Waals surface area contributed by atoms with Crippen molar-refractivity contribution in [3.63, 3.8) is 0 Å². The predicted octanol–water partition coefficient (Wildman–Crippen LogP) is 2.92. The molecule has 2 heterocycles. The monoisotopic (exact) mass is 402 g/mol. The van der Waals surface area contributed by atoms with Crippen LogP contribution in [-0.2, 0) is 22.6 Å². The third-order valence-electron chi connectivity index (χ3n) is 5.62. The fourth-order valence-electron chi connectivity index (χ4n) is 4.18. The summed E-state index contributed by atoms with van der Waals surface area (Å²) in [4.78, 5) is 7.23. The van der Waals surface area contributed by atoms with Gasteiger partial charge < -0.3 is 20.1 Å². The van der Waals surface area contributed by atoms with Crippen molar-refractivity contribution in [1.29, 1.82) is 0 Å². The van der Waals surface area contributed by atoms with Gasteiger partial charge in [-0.15, -0.1) is 0 Å². The molecule has 6 heteroatoms. The Kier molecular flexibility index (Phi) is 7.92. The molecule has 2 N–H and O–H groups in total. The van der Waals surface area contributed by atoms with Gasteiger partial charge in [-0.25, -0.2) is 4.99 Å². The first-order chi connectivity index (χ1) is 14.0. The van der Waals surface area contributed by atoms with E-state index < -0.39 is 0 Å². The lowest BCUT2D eigenvalue weighted by Gasteiger charge is -2.35. The normalized spacial score (nSPS) is 28.5. The first kappa shape index (κ1) is 22.1. The first-order valence-electron chi connectivity index (χ1n) is 11.1. The highest BCUT2D eigenvalue weighted by molar-refractivity contribution is 5.79. The molecule has 1 aromatic carbocycles. The molecule has 6 nitrogen and oxygen atoms in total. The van der Waals surface area contributed by atoms with Crippen molar-refractivity contribution in [3.8, 4) is 0 Å². The van der Waals surface area contributed by atoms with Gasteiger partial charge in [0.15, 0.2) is 5.96 Å². The molecule has 0 bridgehead atoms. The van der Waals surface area contributed by atoms with Crippen LogP contribution >= 0.6 is 0 Å². The molecule has 2 aliphatic heterocycles. The molecule has 0 aromatic heterocycles. The van der Waals surface area contributed by atoms with Crippen LogP contribution in [0.1, 0.15) is 51.7 Å². The molecule has 3 atom stereocenters. The van der Waals surface area contributed by atoms with Gasteiger partial charge in [-0.3, -0.25) is 4.90 Å². The fraction of sp³-hybridized carbons (Fsp3) is 0.696. The maximum absolute atomic E-state index is 5.86. The number of rotatable bonds is 7. The second-order valence-electron chi connectivity index (χ2n) is 8.72. The van der Waals surface area contributed by atoms with Gasteiger partial charge in [0.1, 0.15) is 0 Å². The van der Waals surface area contributed by atoms with Crippen molar-refractivity contribution in [2.75, 3.05) is 32.8 Å². The van der Waals surface area contributed by atoms with E-state index in [2.05, 4.69) is 67.5 Å². The molecule has 2 fully saturated rings. The minimum Gasteiger partial charge on any atom is -0.373 e. The summed E-state index contributed by atoms with van der Waals surface area (Å²) < 4.78 is 11.7. The summed E-state index contributed by atoms with van der Waals surface area (Å²) in [5.74, 6) is 0.851. The minimum atomic E-state index is -0.0771. The summed E-state index contributed by atoms with van der Waals surface area (Å²) in [5, 5.41) is 6.78. The van der Waals surface area contributed by atoms with Gasteiger partial charge in [0, 0.05) is 39.3 Å². The maximum atomic E-state index is 5.86. The number of hydrogen-bond donors (Lipinski definition) is 2. The van der Waals surface area contributed by atoms with E-state index in [1.54, 1.807) is 0 Å². The molecular weight excluding hydrogens is 364 g/mol. The highest BCUT2D eigenvalue weighted by Gasteiger charge is 2.29. The second kappa shape index (κ2) is 10.4. The number of nitrogens with one attached hydrogen (secondary N) is 2. The van der Waals surface area contributed by atoms with Crippen molar-refractivity contribution in [2.45, 2.75) is 71.4 Å². The molecule has 1 aromatic rings. The molecule has 162 valence electrons.